The summed E-state index contributed by atoms with van der Waals surface area (Å²) in [6.07, 6.45) is 2.72. The Bertz CT molecular complexity index is 576. The second-order valence-electron chi connectivity index (χ2n) is 4.99. The van der Waals surface area contributed by atoms with Gasteiger partial charge in [-0.15, -0.1) is 0 Å². The molecule has 0 radical (unpaired) electrons. The normalized spacial score (nSPS) is 14.4. The van der Waals surface area contributed by atoms with E-state index in [9.17, 15) is 0 Å². The van der Waals surface area contributed by atoms with Gasteiger partial charge < -0.3 is 5.32 Å². The number of anilines is 1. The van der Waals surface area contributed by atoms with Gasteiger partial charge in [0.1, 0.15) is 0 Å². The molecule has 3 rings (SSSR count). The lowest BCUT2D eigenvalue weighted by Crippen LogP contribution is -2.01. The number of nitrogens with one attached hydrogen (secondary N) is 1. The van der Waals surface area contributed by atoms with Gasteiger partial charge in [-0.3, -0.25) is 0 Å². The van der Waals surface area contributed by atoms with Gasteiger partial charge in [-0.1, -0.05) is 35.9 Å². The fourth-order valence-electron chi connectivity index (χ4n) is 2.15. The van der Waals surface area contributed by atoms with Gasteiger partial charge >= 0.3 is 0 Å². The first-order chi connectivity index (χ1) is 9.22. The Labute approximate surface area is 132 Å². The van der Waals surface area contributed by atoms with E-state index in [0.717, 1.165) is 26.7 Å². The molecular weight excluding hydrogens is 369 g/mol. The molecule has 19 heavy (non-hydrogen) atoms. The van der Waals surface area contributed by atoms with E-state index < -0.39 is 0 Å². The third-order valence-electron chi connectivity index (χ3n) is 3.44. The maximum Gasteiger partial charge on any atom is 0.0479 e. The third-order valence-corrected chi connectivity index (χ3v) is 4.57. The molecule has 1 N–H and O–H groups in total. The van der Waals surface area contributed by atoms with E-state index >= 15 is 0 Å². The molecule has 1 nitrogen and oxygen atoms in total. The Hall–Kier alpha value is -0.740. The first-order valence-electron chi connectivity index (χ1n) is 6.50. The zero-order valence-electron chi connectivity index (χ0n) is 10.5. The minimum atomic E-state index is 0.781. The maximum absolute atomic E-state index is 5.95. The summed E-state index contributed by atoms with van der Waals surface area (Å²) in [4.78, 5) is 0. The molecule has 0 unspecified atom stereocenters. The van der Waals surface area contributed by atoms with Gasteiger partial charge in [0.25, 0.3) is 0 Å². The molecule has 0 spiro atoms. The van der Waals surface area contributed by atoms with Gasteiger partial charge in [0.05, 0.1) is 0 Å². The predicted molar refractivity (Wildman–Crippen MR) is 89.9 cm³/mol. The van der Waals surface area contributed by atoms with Crippen LogP contribution in [0.15, 0.2) is 42.5 Å². The van der Waals surface area contributed by atoms with Gasteiger partial charge in [0, 0.05) is 20.8 Å². The number of halogens is 2. The Morgan fingerprint density at radius 1 is 1.11 bits per heavy atom. The fourth-order valence-corrected chi connectivity index (χ4v) is 3.22. The van der Waals surface area contributed by atoms with Gasteiger partial charge in [0.2, 0.25) is 0 Å². The molecule has 1 aliphatic carbocycles. The summed E-state index contributed by atoms with van der Waals surface area (Å²) in [6, 6.07) is 14.9. The molecule has 1 saturated carbocycles. The minimum Gasteiger partial charge on any atom is -0.380 e. The summed E-state index contributed by atoms with van der Waals surface area (Å²) in [5.41, 5.74) is 3.94. The lowest BCUT2D eigenvalue weighted by Gasteiger charge is -2.09. The van der Waals surface area contributed by atoms with Crippen molar-refractivity contribution in [3.63, 3.8) is 0 Å². The summed E-state index contributed by atoms with van der Waals surface area (Å²) in [5, 5.41) is 4.24. The molecule has 0 aromatic heterocycles. The van der Waals surface area contributed by atoms with E-state index in [-0.39, 0.29) is 0 Å². The standard InChI is InChI=1S/C16H15ClIN/c17-14-7-8-16(15(18)9-14)19-10-11-1-3-12(4-2-11)13-5-6-13/h1-4,7-9,13,19H,5-6,10H2. The van der Waals surface area contributed by atoms with Crippen molar-refractivity contribution >= 4 is 39.9 Å². The molecule has 3 heteroatoms. The number of rotatable bonds is 4. The summed E-state index contributed by atoms with van der Waals surface area (Å²) in [6.45, 7) is 0.850. The Balaban J connectivity index is 1.64. The highest BCUT2D eigenvalue weighted by atomic mass is 127. The van der Waals surface area contributed by atoms with Crippen LogP contribution >= 0.6 is 34.2 Å². The molecule has 98 valence electrons. The second-order valence-corrected chi connectivity index (χ2v) is 6.59. The van der Waals surface area contributed by atoms with Crippen LogP contribution in [0.25, 0.3) is 0 Å². The molecular formula is C16H15ClIN. The van der Waals surface area contributed by atoms with Crippen LogP contribution in [0, 0.1) is 3.57 Å². The lowest BCUT2D eigenvalue weighted by molar-refractivity contribution is 1.10. The van der Waals surface area contributed by atoms with E-state index in [2.05, 4.69) is 52.2 Å². The predicted octanol–water partition coefficient (Wildman–Crippen LogP) is 5.43. The summed E-state index contributed by atoms with van der Waals surface area (Å²) in [5.74, 6) is 0.833. The second kappa shape index (κ2) is 5.71. The number of hydrogen-bond donors (Lipinski definition) is 1. The van der Waals surface area contributed by atoms with Crippen molar-refractivity contribution in [3.8, 4) is 0 Å². The molecule has 2 aromatic rings. The van der Waals surface area contributed by atoms with Crippen LogP contribution < -0.4 is 5.32 Å². The number of benzene rings is 2. The van der Waals surface area contributed by atoms with E-state index in [1.807, 2.05) is 18.2 Å². The first-order valence-corrected chi connectivity index (χ1v) is 7.96. The smallest absolute Gasteiger partial charge is 0.0479 e. The Morgan fingerprint density at radius 3 is 2.47 bits per heavy atom. The van der Waals surface area contributed by atoms with Crippen LogP contribution in [0.4, 0.5) is 5.69 Å². The van der Waals surface area contributed by atoms with Crippen molar-refractivity contribution in [2.24, 2.45) is 0 Å². The Morgan fingerprint density at radius 2 is 1.84 bits per heavy atom. The average molecular weight is 384 g/mol. The minimum absolute atomic E-state index is 0.781. The molecule has 0 bridgehead atoms. The monoisotopic (exact) mass is 383 g/mol. The SMILES string of the molecule is Clc1ccc(NCc2ccc(C3CC3)cc2)c(I)c1. The van der Waals surface area contributed by atoms with Crippen LogP contribution in [-0.2, 0) is 6.54 Å². The molecule has 0 atom stereocenters. The molecule has 2 aromatic carbocycles. The van der Waals surface area contributed by atoms with E-state index in [1.165, 1.54) is 24.0 Å². The third kappa shape index (κ3) is 3.42. The van der Waals surface area contributed by atoms with Crippen molar-refractivity contribution in [2.75, 3.05) is 5.32 Å². The van der Waals surface area contributed by atoms with Crippen LogP contribution in [0.1, 0.15) is 29.9 Å². The quantitative estimate of drug-likeness (QED) is 0.694. The summed E-state index contributed by atoms with van der Waals surface area (Å²) >= 11 is 8.26. The fraction of sp³-hybridized carbons (Fsp3) is 0.250. The largest absolute Gasteiger partial charge is 0.380 e. The van der Waals surface area contributed by atoms with Crippen LogP contribution in [0.3, 0.4) is 0 Å². The lowest BCUT2D eigenvalue weighted by atomic mass is 10.1. The van der Waals surface area contributed by atoms with Crippen LogP contribution in [-0.4, -0.2) is 0 Å². The average Bonchev–Trinajstić information content (AvgIpc) is 3.23. The van der Waals surface area contributed by atoms with Gasteiger partial charge in [-0.2, -0.15) is 0 Å². The van der Waals surface area contributed by atoms with Crippen molar-refractivity contribution in [1.82, 2.24) is 0 Å². The summed E-state index contributed by atoms with van der Waals surface area (Å²) in [7, 11) is 0. The highest BCUT2D eigenvalue weighted by Crippen LogP contribution is 2.39. The van der Waals surface area contributed by atoms with E-state index in [1.54, 1.807) is 0 Å². The van der Waals surface area contributed by atoms with Crippen molar-refractivity contribution in [1.29, 1.82) is 0 Å². The first kappa shape index (κ1) is 13.3. The highest BCUT2D eigenvalue weighted by molar-refractivity contribution is 14.1. The Kier molecular flexibility index (Phi) is 3.99. The highest BCUT2D eigenvalue weighted by Gasteiger charge is 2.22. The molecule has 0 aliphatic heterocycles. The molecule has 0 heterocycles. The van der Waals surface area contributed by atoms with Gasteiger partial charge in [0.15, 0.2) is 0 Å². The van der Waals surface area contributed by atoms with Crippen molar-refractivity contribution in [2.45, 2.75) is 25.3 Å². The van der Waals surface area contributed by atoms with Crippen LogP contribution in [0.2, 0.25) is 5.02 Å². The maximum atomic E-state index is 5.95. The zero-order chi connectivity index (χ0) is 13.2. The van der Waals surface area contributed by atoms with Crippen molar-refractivity contribution < 1.29 is 0 Å². The molecule has 0 amide bonds. The van der Waals surface area contributed by atoms with E-state index in [4.69, 9.17) is 11.6 Å². The molecule has 1 fully saturated rings. The van der Waals surface area contributed by atoms with Crippen molar-refractivity contribution in [3.05, 3.63) is 62.2 Å². The van der Waals surface area contributed by atoms with Gasteiger partial charge in [-0.25, -0.2) is 0 Å². The topological polar surface area (TPSA) is 12.0 Å². The van der Waals surface area contributed by atoms with E-state index in [0.29, 0.717) is 0 Å². The number of hydrogen-bond acceptors (Lipinski definition) is 1. The van der Waals surface area contributed by atoms with Gasteiger partial charge in [-0.05, 0) is 70.7 Å². The zero-order valence-corrected chi connectivity index (χ0v) is 13.4. The summed E-state index contributed by atoms with van der Waals surface area (Å²) < 4.78 is 1.15. The molecule has 1 aliphatic rings. The molecule has 0 saturated heterocycles. The van der Waals surface area contributed by atoms with Crippen LogP contribution in [0.5, 0.6) is 0 Å².